The average Bonchev–Trinajstić information content (AvgIpc) is 3.24. The number of hydrogen-bond acceptors (Lipinski definition) is 6. The number of aromatic nitrogens is 2. The van der Waals surface area contributed by atoms with Gasteiger partial charge in [-0.25, -0.2) is 4.79 Å². The largest absolute Gasteiger partial charge is 0.379 e. The average molecular weight is 497 g/mol. The van der Waals surface area contributed by atoms with E-state index in [0.717, 1.165) is 69.8 Å². The molecule has 172 valence electrons. The summed E-state index contributed by atoms with van der Waals surface area (Å²) in [7, 11) is 0. The number of nitrogens with zero attached hydrogens (tertiary/aromatic N) is 3. The predicted octanol–water partition coefficient (Wildman–Crippen LogP) is 3.49. The fourth-order valence-corrected chi connectivity index (χ4v) is 5.57. The quantitative estimate of drug-likeness (QED) is 0.445. The van der Waals surface area contributed by atoms with Crippen molar-refractivity contribution >= 4 is 46.6 Å². The third-order valence-electron chi connectivity index (χ3n) is 5.65. The number of fused-ring (bicyclic) bond motifs is 1. The Balaban J connectivity index is 1.38. The highest BCUT2D eigenvalue weighted by Crippen LogP contribution is 2.29. The fourth-order valence-electron chi connectivity index (χ4n) is 4.17. The summed E-state index contributed by atoms with van der Waals surface area (Å²) in [6, 6.07) is 4.89. The van der Waals surface area contributed by atoms with Gasteiger partial charge in [-0.1, -0.05) is 35.0 Å². The van der Waals surface area contributed by atoms with Gasteiger partial charge >= 0.3 is 5.69 Å². The Hall–Kier alpha value is -1.58. The minimum Gasteiger partial charge on any atom is -0.379 e. The van der Waals surface area contributed by atoms with Gasteiger partial charge in [-0.3, -0.25) is 14.3 Å². The van der Waals surface area contributed by atoms with Gasteiger partial charge in [-0.05, 0) is 43.9 Å². The SMILES string of the molecule is O=C(CSc1nc(=O)n(CCCN2CCOCC2)c2c1CCC2)Nc1cc(Cl)cc(Cl)c1. The van der Waals surface area contributed by atoms with Crippen LogP contribution in [0.4, 0.5) is 5.69 Å². The lowest BCUT2D eigenvalue weighted by Crippen LogP contribution is -2.37. The predicted molar refractivity (Wildman–Crippen MR) is 128 cm³/mol. The summed E-state index contributed by atoms with van der Waals surface area (Å²) in [4.78, 5) is 31.9. The first-order chi connectivity index (χ1) is 15.5. The zero-order valence-electron chi connectivity index (χ0n) is 17.7. The van der Waals surface area contributed by atoms with Crippen LogP contribution < -0.4 is 11.0 Å². The summed E-state index contributed by atoms with van der Waals surface area (Å²) in [5.74, 6) is -0.0408. The van der Waals surface area contributed by atoms with Gasteiger partial charge in [0.1, 0.15) is 5.03 Å². The van der Waals surface area contributed by atoms with Crippen LogP contribution in [-0.2, 0) is 28.9 Å². The molecule has 4 rings (SSSR count). The van der Waals surface area contributed by atoms with Crippen molar-refractivity contribution in [3.8, 4) is 0 Å². The van der Waals surface area contributed by atoms with E-state index in [1.807, 2.05) is 4.57 Å². The number of benzene rings is 1. The van der Waals surface area contributed by atoms with Crippen LogP contribution in [0.1, 0.15) is 24.1 Å². The van der Waals surface area contributed by atoms with Gasteiger partial charge in [0.2, 0.25) is 5.91 Å². The van der Waals surface area contributed by atoms with E-state index >= 15 is 0 Å². The molecule has 32 heavy (non-hydrogen) atoms. The number of anilines is 1. The van der Waals surface area contributed by atoms with Crippen LogP contribution in [0.3, 0.4) is 0 Å². The van der Waals surface area contributed by atoms with Gasteiger partial charge in [0.15, 0.2) is 0 Å². The lowest BCUT2D eigenvalue weighted by atomic mass is 10.2. The normalized spacial score (nSPS) is 16.2. The Kier molecular flexibility index (Phi) is 8.12. The van der Waals surface area contributed by atoms with Crippen molar-refractivity contribution in [2.75, 3.05) is 43.9 Å². The molecule has 1 aromatic heterocycles. The Morgan fingerprint density at radius 3 is 2.62 bits per heavy atom. The molecule has 1 saturated heterocycles. The molecule has 0 saturated carbocycles. The Labute approximate surface area is 201 Å². The smallest absolute Gasteiger partial charge is 0.348 e. The van der Waals surface area contributed by atoms with Crippen LogP contribution >= 0.6 is 35.0 Å². The molecule has 1 N–H and O–H groups in total. The second kappa shape index (κ2) is 11.0. The Morgan fingerprint density at radius 1 is 1.12 bits per heavy atom. The zero-order chi connectivity index (χ0) is 22.5. The highest BCUT2D eigenvalue weighted by molar-refractivity contribution is 8.00. The van der Waals surface area contributed by atoms with Crippen LogP contribution in [0.2, 0.25) is 10.0 Å². The molecular weight excluding hydrogens is 471 g/mol. The van der Waals surface area contributed by atoms with E-state index in [0.29, 0.717) is 27.3 Å². The lowest BCUT2D eigenvalue weighted by molar-refractivity contribution is -0.113. The second-order valence-corrected chi connectivity index (χ2v) is 9.77. The van der Waals surface area contributed by atoms with Crippen LogP contribution in [-0.4, -0.2) is 59.0 Å². The van der Waals surface area contributed by atoms with Crippen LogP contribution in [0.15, 0.2) is 28.0 Å². The molecule has 0 unspecified atom stereocenters. The molecule has 1 aliphatic heterocycles. The first kappa shape index (κ1) is 23.6. The van der Waals surface area contributed by atoms with E-state index < -0.39 is 0 Å². The first-order valence-electron chi connectivity index (χ1n) is 10.8. The van der Waals surface area contributed by atoms with E-state index in [4.69, 9.17) is 27.9 Å². The second-order valence-electron chi connectivity index (χ2n) is 7.93. The minimum atomic E-state index is -0.225. The molecule has 10 heteroatoms. The molecule has 1 amide bonds. The number of hydrogen-bond donors (Lipinski definition) is 1. The Bertz CT molecular complexity index is 1020. The molecule has 0 radical (unpaired) electrons. The number of carbonyl (C=O) groups excluding carboxylic acids is 1. The molecule has 0 atom stereocenters. The molecule has 0 spiro atoms. The third kappa shape index (κ3) is 6.05. The summed E-state index contributed by atoms with van der Waals surface area (Å²) in [5.41, 5.74) is 2.51. The lowest BCUT2D eigenvalue weighted by Gasteiger charge is -2.26. The summed E-state index contributed by atoms with van der Waals surface area (Å²) in [6.45, 7) is 5.08. The van der Waals surface area contributed by atoms with Gasteiger partial charge in [0, 0.05) is 53.2 Å². The highest BCUT2D eigenvalue weighted by atomic mass is 35.5. The van der Waals surface area contributed by atoms with E-state index in [-0.39, 0.29) is 17.3 Å². The van der Waals surface area contributed by atoms with Crippen LogP contribution in [0.5, 0.6) is 0 Å². The minimum absolute atomic E-state index is 0.157. The molecular formula is C22H26Cl2N4O3S. The molecule has 2 aromatic rings. The zero-order valence-corrected chi connectivity index (χ0v) is 20.1. The fraction of sp³-hybridized carbons (Fsp3) is 0.500. The number of rotatable bonds is 8. The molecule has 2 heterocycles. The van der Waals surface area contributed by atoms with Crippen molar-refractivity contribution in [2.24, 2.45) is 0 Å². The van der Waals surface area contributed by atoms with Crippen molar-refractivity contribution < 1.29 is 9.53 Å². The molecule has 1 fully saturated rings. The summed E-state index contributed by atoms with van der Waals surface area (Å²) in [6.07, 6.45) is 3.68. The third-order valence-corrected chi connectivity index (χ3v) is 7.10. The van der Waals surface area contributed by atoms with Gasteiger partial charge in [-0.15, -0.1) is 0 Å². The van der Waals surface area contributed by atoms with Gasteiger partial charge < -0.3 is 10.1 Å². The number of ether oxygens (including phenoxy) is 1. The summed E-state index contributed by atoms with van der Waals surface area (Å²) >= 11 is 13.3. The number of carbonyl (C=O) groups is 1. The number of nitrogens with one attached hydrogen (secondary N) is 1. The maximum absolute atomic E-state index is 12.8. The summed E-state index contributed by atoms with van der Waals surface area (Å²) < 4.78 is 7.23. The Morgan fingerprint density at radius 2 is 1.88 bits per heavy atom. The highest BCUT2D eigenvalue weighted by Gasteiger charge is 2.22. The van der Waals surface area contributed by atoms with Crippen molar-refractivity contribution in [1.29, 1.82) is 0 Å². The number of thioether (sulfide) groups is 1. The number of halogens is 2. The van der Waals surface area contributed by atoms with Crippen LogP contribution in [0.25, 0.3) is 0 Å². The molecule has 0 bridgehead atoms. The van der Waals surface area contributed by atoms with Crippen molar-refractivity contribution in [1.82, 2.24) is 14.5 Å². The maximum atomic E-state index is 12.8. The van der Waals surface area contributed by atoms with E-state index in [9.17, 15) is 9.59 Å². The van der Waals surface area contributed by atoms with E-state index in [1.165, 1.54) is 11.8 Å². The van der Waals surface area contributed by atoms with Gasteiger partial charge in [0.05, 0.1) is 19.0 Å². The van der Waals surface area contributed by atoms with Crippen LogP contribution in [0, 0.1) is 0 Å². The number of amides is 1. The topological polar surface area (TPSA) is 76.5 Å². The summed E-state index contributed by atoms with van der Waals surface area (Å²) in [5, 5.41) is 4.38. The van der Waals surface area contributed by atoms with E-state index in [1.54, 1.807) is 18.2 Å². The van der Waals surface area contributed by atoms with Crippen molar-refractivity contribution in [3.63, 3.8) is 0 Å². The standard InChI is InChI=1S/C22H26Cl2N4O3S/c23-15-11-16(24)13-17(12-15)25-20(29)14-32-21-18-3-1-4-19(18)28(22(30)26-21)6-2-5-27-7-9-31-10-8-27/h11-13H,1-10,14H2,(H,25,29). The van der Waals surface area contributed by atoms with Gasteiger partial charge in [-0.2, -0.15) is 4.98 Å². The van der Waals surface area contributed by atoms with Crippen molar-refractivity contribution in [2.45, 2.75) is 37.3 Å². The monoisotopic (exact) mass is 496 g/mol. The molecule has 7 nitrogen and oxygen atoms in total. The molecule has 1 aliphatic carbocycles. The number of morpholine rings is 1. The molecule has 1 aromatic carbocycles. The maximum Gasteiger partial charge on any atom is 0.348 e. The first-order valence-corrected chi connectivity index (χ1v) is 12.5. The van der Waals surface area contributed by atoms with Gasteiger partial charge in [0.25, 0.3) is 0 Å². The van der Waals surface area contributed by atoms with E-state index in [2.05, 4.69) is 15.2 Å². The molecule has 2 aliphatic rings. The van der Waals surface area contributed by atoms with Crippen molar-refractivity contribution in [3.05, 3.63) is 50.0 Å².